The highest BCUT2D eigenvalue weighted by atomic mass is 16.3. The van der Waals surface area contributed by atoms with Crippen molar-refractivity contribution in [1.29, 1.82) is 0 Å². The van der Waals surface area contributed by atoms with Gasteiger partial charge in [-0.05, 0) is 31.5 Å². The van der Waals surface area contributed by atoms with Gasteiger partial charge in [0.25, 0.3) is 5.56 Å². The summed E-state index contributed by atoms with van der Waals surface area (Å²) in [5, 5.41) is 13.0. The van der Waals surface area contributed by atoms with Crippen molar-refractivity contribution in [3.8, 4) is 0 Å². The summed E-state index contributed by atoms with van der Waals surface area (Å²) in [5.41, 5.74) is 0.634. The van der Waals surface area contributed by atoms with Crippen molar-refractivity contribution in [1.82, 2.24) is 24.7 Å². The summed E-state index contributed by atoms with van der Waals surface area (Å²) in [5.74, 6) is 0.882. The molecule has 0 radical (unpaired) electrons. The number of fused-ring (bicyclic) bond motifs is 1. The second-order valence-corrected chi connectivity index (χ2v) is 7.80. The molecule has 29 heavy (non-hydrogen) atoms. The third kappa shape index (κ3) is 4.34. The van der Waals surface area contributed by atoms with Gasteiger partial charge in [0, 0.05) is 39.1 Å². The number of rotatable bonds is 6. The Labute approximate surface area is 170 Å². The van der Waals surface area contributed by atoms with Gasteiger partial charge < -0.3 is 10.4 Å². The van der Waals surface area contributed by atoms with E-state index in [1.54, 1.807) is 10.6 Å². The molecule has 2 aliphatic rings. The Balaban J connectivity index is 1.56. The number of carbonyl (C=O) groups excluding carboxylic acids is 1. The largest absolute Gasteiger partial charge is 0.395 e. The van der Waals surface area contributed by atoms with E-state index in [1.807, 2.05) is 18.2 Å². The van der Waals surface area contributed by atoms with Crippen molar-refractivity contribution in [2.24, 2.45) is 0 Å². The zero-order chi connectivity index (χ0) is 20.2. The minimum absolute atomic E-state index is 0.0746. The Kier molecular flexibility index (Phi) is 6.22. The number of hydrogen-bond donors (Lipinski definition) is 2. The van der Waals surface area contributed by atoms with Crippen LogP contribution in [0.2, 0.25) is 0 Å². The van der Waals surface area contributed by atoms with Crippen LogP contribution in [0.25, 0.3) is 10.9 Å². The summed E-state index contributed by atoms with van der Waals surface area (Å²) < 4.78 is 1.65. The molecule has 0 spiro atoms. The number of likely N-dealkylation sites (tertiary alicyclic amines) is 1. The van der Waals surface area contributed by atoms with Crippen LogP contribution < -0.4 is 10.9 Å². The van der Waals surface area contributed by atoms with E-state index in [1.165, 1.54) is 0 Å². The number of para-hydroxylation sites is 1. The third-order valence-corrected chi connectivity index (χ3v) is 5.99. The third-order valence-electron chi connectivity index (χ3n) is 5.99. The molecule has 3 heterocycles. The van der Waals surface area contributed by atoms with Crippen LogP contribution in [-0.2, 0) is 11.3 Å². The fourth-order valence-electron chi connectivity index (χ4n) is 4.45. The predicted octanol–water partition coefficient (Wildman–Crippen LogP) is 0.348. The number of nitrogens with one attached hydrogen (secondary N) is 1. The van der Waals surface area contributed by atoms with Gasteiger partial charge in [0.05, 0.1) is 30.1 Å². The SMILES string of the molecule is O=C1CCN(CCN2CCCC2c2nc3ccccc3c(=O)n2CCO)CCN1. The zero-order valence-corrected chi connectivity index (χ0v) is 16.7. The molecule has 2 aliphatic heterocycles. The molecule has 8 heteroatoms. The lowest BCUT2D eigenvalue weighted by Crippen LogP contribution is -2.38. The van der Waals surface area contributed by atoms with Crippen LogP contribution >= 0.6 is 0 Å². The Morgan fingerprint density at radius 2 is 1.97 bits per heavy atom. The fourth-order valence-corrected chi connectivity index (χ4v) is 4.45. The molecular weight excluding hydrogens is 370 g/mol. The van der Waals surface area contributed by atoms with E-state index in [0.29, 0.717) is 23.9 Å². The molecule has 2 aromatic rings. The van der Waals surface area contributed by atoms with Crippen molar-refractivity contribution < 1.29 is 9.90 Å². The number of aromatic nitrogens is 2. The Hall–Kier alpha value is -2.29. The van der Waals surface area contributed by atoms with Crippen molar-refractivity contribution >= 4 is 16.8 Å². The smallest absolute Gasteiger partial charge is 0.261 e. The molecule has 8 nitrogen and oxygen atoms in total. The molecule has 1 aromatic carbocycles. The number of hydrogen-bond acceptors (Lipinski definition) is 6. The molecule has 2 N–H and O–H groups in total. The maximum absolute atomic E-state index is 13.0. The first-order valence-electron chi connectivity index (χ1n) is 10.5. The summed E-state index contributed by atoms with van der Waals surface area (Å²) in [6.07, 6.45) is 2.56. The minimum Gasteiger partial charge on any atom is -0.395 e. The van der Waals surface area contributed by atoms with Crippen LogP contribution in [0.1, 0.15) is 31.1 Å². The topological polar surface area (TPSA) is 90.7 Å². The Bertz CT molecular complexity index is 928. The highest BCUT2D eigenvalue weighted by Gasteiger charge is 2.30. The molecule has 1 aromatic heterocycles. The average Bonchev–Trinajstić information content (AvgIpc) is 3.10. The van der Waals surface area contributed by atoms with E-state index in [-0.39, 0.29) is 30.7 Å². The maximum Gasteiger partial charge on any atom is 0.261 e. The quantitative estimate of drug-likeness (QED) is 0.728. The fraction of sp³-hybridized carbons (Fsp3) is 0.571. The first-order valence-corrected chi connectivity index (χ1v) is 10.5. The van der Waals surface area contributed by atoms with E-state index in [4.69, 9.17) is 4.98 Å². The van der Waals surface area contributed by atoms with Crippen LogP contribution in [0.4, 0.5) is 0 Å². The van der Waals surface area contributed by atoms with Gasteiger partial charge in [-0.1, -0.05) is 12.1 Å². The molecule has 2 saturated heterocycles. The summed E-state index contributed by atoms with van der Waals surface area (Å²) in [7, 11) is 0. The van der Waals surface area contributed by atoms with Crippen molar-refractivity contribution in [2.75, 3.05) is 45.9 Å². The molecule has 156 valence electrons. The number of benzene rings is 1. The zero-order valence-electron chi connectivity index (χ0n) is 16.7. The van der Waals surface area contributed by atoms with E-state index in [2.05, 4.69) is 15.1 Å². The second-order valence-electron chi connectivity index (χ2n) is 7.80. The van der Waals surface area contributed by atoms with E-state index in [0.717, 1.165) is 51.4 Å². The van der Waals surface area contributed by atoms with E-state index >= 15 is 0 Å². The normalized spacial score (nSPS) is 21.4. The number of nitrogens with zero attached hydrogens (tertiary/aromatic N) is 4. The van der Waals surface area contributed by atoms with Crippen LogP contribution in [-0.4, -0.2) is 76.2 Å². The van der Waals surface area contributed by atoms with E-state index < -0.39 is 0 Å². The van der Waals surface area contributed by atoms with Crippen molar-refractivity contribution in [3.05, 3.63) is 40.4 Å². The highest BCUT2D eigenvalue weighted by Crippen LogP contribution is 2.30. The molecule has 2 fully saturated rings. The summed E-state index contributed by atoms with van der Waals surface area (Å²) in [6, 6.07) is 7.49. The first-order chi connectivity index (χ1) is 14.2. The monoisotopic (exact) mass is 399 g/mol. The number of carbonyl (C=O) groups is 1. The lowest BCUT2D eigenvalue weighted by Gasteiger charge is -2.29. The molecule has 1 atom stereocenters. The van der Waals surface area contributed by atoms with E-state index in [9.17, 15) is 14.7 Å². The maximum atomic E-state index is 13.0. The Morgan fingerprint density at radius 3 is 2.83 bits per heavy atom. The van der Waals surface area contributed by atoms with Gasteiger partial charge in [-0.3, -0.25) is 24.0 Å². The molecule has 0 saturated carbocycles. The van der Waals surface area contributed by atoms with Gasteiger partial charge in [-0.2, -0.15) is 0 Å². The standard InChI is InChI=1S/C21H29N5O3/c27-15-14-26-20(23-17-5-2-1-4-16(17)21(26)29)18-6-3-9-25(18)13-12-24-10-7-19(28)22-8-11-24/h1-2,4-5,18,27H,3,6-15H2,(H,22,28). The van der Waals surface area contributed by atoms with Gasteiger partial charge in [-0.15, -0.1) is 0 Å². The van der Waals surface area contributed by atoms with Crippen molar-refractivity contribution in [3.63, 3.8) is 0 Å². The van der Waals surface area contributed by atoms with Gasteiger partial charge >= 0.3 is 0 Å². The van der Waals surface area contributed by atoms with Gasteiger partial charge in [0.15, 0.2) is 0 Å². The van der Waals surface area contributed by atoms with Crippen LogP contribution in [0.15, 0.2) is 29.1 Å². The summed E-state index contributed by atoms with van der Waals surface area (Å²) >= 11 is 0. The summed E-state index contributed by atoms with van der Waals surface area (Å²) in [6.45, 7) is 5.26. The van der Waals surface area contributed by atoms with Gasteiger partial charge in [0.2, 0.25) is 5.91 Å². The number of aliphatic hydroxyl groups is 1. The molecule has 0 aliphatic carbocycles. The molecule has 0 bridgehead atoms. The number of aliphatic hydroxyl groups excluding tert-OH is 1. The predicted molar refractivity (Wildman–Crippen MR) is 111 cm³/mol. The molecular formula is C21H29N5O3. The van der Waals surface area contributed by atoms with Gasteiger partial charge in [0.1, 0.15) is 5.82 Å². The molecule has 1 amide bonds. The summed E-state index contributed by atoms with van der Waals surface area (Å²) in [4.78, 5) is 34.1. The van der Waals surface area contributed by atoms with Crippen LogP contribution in [0.3, 0.4) is 0 Å². The second kappa shape index (κ2) is 9.02. The van der Waals surface area contributed by atoms with Crippen LogP contribution in [0.5, 0.6) is 0 Å². The highest BCUT2D eigenvalue weighted by molar-refractivity contribution is 5.77. The van der Waals surface area contributed by atoms with Crippen molar-refractivity contribution in [2.45, 2.75) is 31.8 Å². The minimum atomic E-state index is -0.0888. The molecule has 4 rings (SSSR count). The first kappa shape index (κ1) is 20.0. The van der Waals surface area contributed by atoms with Crippen LogP contribution in [0, 0.1) is 0 Å². The number of amides is 1. The lowest BCUT2D eigenvalue weighted by molar-refractivity contribution is -0.120. The average molecular weight is 399 g/mol. The van der Waals surface area contributed by atoms with Gasteiger partial charge in [-0.25, -0.2) is 4.98 Å². The Morgan fingerprint density at radius 1 is 1.10 bits per heavy atom. The lowest BCUT2D eigenvalue weighted by atomic mass is 10.1. The molecule has 1 unspecified atom stereocenters.